The van der Waals surface area contributed by atoms with Gasteiger partial charge in [-0.2, -0.15) is 4.98 Å². The number of rotatable bonds is 5. The molecule has 174 valence electrons. The lowest BCUT2D eigenvalue weighted by Gasteiger charge is -2.09. The molecule has 0 saturated heterocycles. The van der Waals surface area contributed by atoms with Crippen LogP contribution in [0, 0.1) is 0 Å². The second-order valence-electron chi connectivity index (χ2n) is 7.47. The molecule has 0 aliphatic carbocycles. The third kappa shape index (κ3) is 5.19. The van der Waals surface area contributed by atoms with Gasteiger partial charge in [0.2, 0.25) is 5.89 Å². The molecule has 5 rings (SSSR count). The third-order valence-corrected chi connectivity index (χ3v) is 6.07. The van der Waals surface area contributed by atoms with Gasteiger partial charge in [0, 0.05) is 23.9 Å². The molecule has 0 fully saturated rings. The number of thiocarbonyl (C=S) groups is 1. The van der Waals surface area contributed by atoms with Gasteiger partial charge in [0.15, 0.2) is 22.1 Å². The van der Waals surface area contributed by atoms with Crippen molar-refractivity contribution in [3.05, 3.63) is 94.3 Å². The van der Waals surface area contributed by atoms with Crippen LogP contribution in [0.25, 0.3) is 34.0 Å². The highest BCUT2D eigenvalue weighted by atomic mass is 35.5. The zero-order valence-corrected chi connectivity index (χ0v) is 20.2. The Labute approximate surface area is 215 Å². The standard InChI is InChI=1S/C25H16Cl2N4O3S/c26-17-8-7-16(12-18(17)27)19-9-10-21(33-19)23(32)31-25(35)29-13-14-3-5-15(6-4-14)24-30-22-20(34-24)2-1-11-28-22/h1-12H,13H2,(H2,29,31,32,35). The largest absolute Gasteiger partial charge is 0.451 e. The van der Waals surface area contributed by atoms with E-state index in [1.807, 2.05) is 30.3 Å². The quantitative estimate of drug-likeness (QED) is 0.263. The van der Waals surface area contributed by atoms with E-state index in [2.05, 4.69) is 20.6 Å². The highest BCUT2D eigenvalue weighted by molar-refractivity contribution is 7.80. The van der Waals surface area contributed by atoms with Crippen LogP contribution in [0.15, 0.2) is 81.8 Å². The second kappa shape index (κ2) is 9.87. The van der Waals surface area contributed by atoms with Crippen molar-refractivity contribution in [2.24, 2.45) is 0 Å². The first-order chi connectivity index (χ1) is 17.0. The molecule has 0 aliphatic rings. The molecule has 3 heterocycles. The molecule has 0 radical (unpaired) electrons. The first-order valence-corrected chi connectivity index (χ1v) is 11.6. The summed E-state index contributed by atoms with van der Waals surface area (Å²) in [7, 11) is 0. The Morgan fingerprint density at radius 2 is 1.74 bits per heavy atom. The predicted octanol–water partition coefficient (Wildman–Crippen LogP) is 6.26. The summed E-state index contributed by atoms with van der Waals surface area (Å²) in [4.78, 5) is 21.1. The smallest absolute Gasteiger partial charge is 0.293 e. The first kappa shape index (κ1) is 23.0. The van der Waals surface area contributed by atoms with Gasteiger partial charge in [0.1, 0.15) is 5.76 Å². The van der Waals surface area contributed by atoms with Crippen molar-refractivity contribution in [1.82, 2.24) is 20.6 Å². The summed E-state index contributed by atoms with van der Waals surface area (Å²) >= 11 is 17.3. The Hall–Kier alpha value is -3.72. The monoisotopic (exact) mass is 522 g/mol. The Kier molecular flexibility index (Phi) is 6.50. The van der Waals surface area contributed by atoms with E-state index in [1.165, 1.54) is 0 Å². The highest BCUT2D eigenvalue weighted by Gasteiger charge is 2.14. The molecule has 0 bridgehead atoms. The molecular formula is C25H16Cl2N4O3S. The summed E-state index contributed by atoms with van der Waals surface area (Å²) in [5, 5.41) is 6.64. The van der Waals surface area contributed by atoms with Crippen LogP contribution in [0.4, 0.5) is 0 Å². The molecule has 10 heteroatoms. The van der Waals surface area contributed by atoms with Crippen molar-refractivity contribution in [2.75, 3.05) is 0 Å². The van der Waals surface area contributed by atoms with Crippen LogP contribution in [0.2, 0.25) is 10.0 Å². The van der Waals surface area contributed by atoms with Gasteiger partial charge in [-0.05, 0) is 72.4 Å². The van der Waals surface area contributed by atoms with Crippen LogP contribution in [0.3, 0.4) is 0 Å². The number of benzene rings is 2. The number of hydrogen-bond donors (Lipinski definition) is 2. The van der Waals surface area contributed by atoms with Gasteiger partial charge in [-0.3, -0.25) is 10.1 Å². The van der Waals surface area contributed by atoms with Gasteiger partial charge < -0.3 is 14.2 Å². The summed E-state index contributed by atoms with van der Waals surface area (Å²) < 4.78 is 11.4. The van der Waals surface area contributed by atoms with Gasteiger partial charge in [-0.1, -0.05) is 35.3 Å². The molecular weight excluding hydrogens is 507 g/mol. The molecule has 0 spiro atoms. The van der Waals surface area contributed by atoms with E-state index in [9.17, 15) is 4.79 Å². The van der Waals surface area contributed by atoms with Crippen molar-refractivity contribution in [3.8, 4) is 22.8 Å². The van der Waals surface area contributed by atoms with Crippen LogP contribution < -0.4 is 10.6 Å². The predicted molar refractivity (Wildman–Crippen MR) is 138 cm³/mol. The minimum atomic E-state index is -0.464. The molecule has 0 atom stereocenters. The summed E-state index contributed by atoms with van der Waals surface area (Å²) in [5.74, 6) is 0.642. The molecule has 1 amide bonds. The topological polar surface area (TPSA) is 93.2 Å². The minimum Gasteiger partial charge on any atom is -0.451 e. The average molecular weight is 523 g/mol. The number of fused-ring (bicyclic) bond motifs is 1. The van der Waals surface area contributed by atoms with E-state index >= 15 is 0 Å². The van der Waals surface area contributed by atoms with E-state index in [0.29, 0.717) is 45.0 Å². The second-order valence-corrected chi connectivity index (χ2v) is 8.69. The lowest BCUT2D eigenvalue weighted by Crippen LogP contribution is -2.38. The number of pyridine rings is 1. The molecule has 5 aromatic rings. The van der Waals surface area contributed by atoms with Gasteiger partial charge >= 0.3 is 0 Å². The van der Waals surface area contributed by atoms with Crippen molar-refractivity contribution in [1.29, 1.82) is 0 Å². The first-order valence-electron chi connectivity index (χ1n) is 10.4. The maximum absolute atomic E-state index is 12.5. The Morgan fingerprint density at radius 1 is 0.943 bits per heavy atom. The van der Waals surface area contributed by atoms with Crippen molar-refractivity contribution in [2.45, 2.75) is 6.54 Å². The number of halogens is 2. The van der Waals surface area contributed by atoms with Crippen LogP contribution in [-0.2, 0) is 6.54 Å². The maximum atomic E-state index is 12.5. The summed E-state index contributed by atoms with van der Waals surface area (Å²) in [6, 6.07) is 19.6. The van der Waals surface area contributed by atoms with Crippen LogP contribution in [0.1, 0.15) is 16.1 Å². The van der Waals surface area contributed by atoms with E-state index in [1.54, 1.807) is 42.6 Å². The number of aromatic nitrogens is 2. The van der Waals surface area contributed by atoms with Crippen LogP contribution in [-0.4, -0.2) is 21.0 Å². The number of amides is 1. The third-order valence-electron chi connectivity index (χ3n) is 5.08. The molecule has 0 saturated carbocycles. The minimum absolute atomic E-state index is 0.118. The van der Waals surface area contributed by atoms with Crippen molar-refractivity contribution in [3.63, 3.8) is 0 Å². The molecule has 2 N–H and O–H groups in total. The average Bonchev–Trinajstić information content (AvgIpc) is 3.53. The fraction of sp³-hybridized carbons (Fsp3) is 0.0400. The van der Waals surface area contributed by atoms with Crippen LogP contribution in [0.5, 0.6) is 0 Å². The Morgan fingerprint density at radius 3 is 2.51 bits per heavy atom. The zero-order chi connectivity index (χ0) is 24.4. The summed E-state index contributed by atoms with van der Waals surface area (Å²) in [6.07, 6.45) is 1.67. The van der Waals surface area contributed by atoms with E-state index < -0.39 is 5.91 Å². The number of oxazole rings is 1. The van der Waals surface area contributed by atoms with Gasteiger partial charge in [-0.25, -0.2) is 4.98 Å². The maximum Gasteiger partial charge on any atom is 0.293 e. The van der Waals surface area contributed by atoms with Crippen molar-refractivity contribution < 1.29 is 13.6 Å². The number of furan rings is 1. The Bertz CT molecular complexity index is 1510. The molecule has 35 heavy (non-hydrogen) atoms. The summed E-state index contributed by atoms with van der Waals surface area (Å²) in [5.41, 5.74) is 3.69. The van der Waals surface area contributed by atoms with E-state index in [-0.39, 0.29) is 10.9 Å². The van der Waals surface area contributed by atoms with Gasteiger partial charge in [0.05, 0.1) is 10.0 Å². The Balaban J connectivity index is 1.17. The molecule has 2 aromatic carbocycles. The lowest BCUT2D eigenvalue weighted by molar-refractivity contribution is 0.0950. The van der Waals surface area contributed by atoms with E-state index in [4.69, 9.17) is 44.3 Å². The normalized spacial score (nSPS) is 10.9. The number of carbonyl (C=O) groups is 1. The zero-order valence-electron chi connectivity index (χ0n) is 17.9. The molecule has 0 aliphatic heterocycles. The lowest BCUT2D eigenvalue weighted by atomic mass is 10.1. The fourth-order valence-corrected chi connectivity index (χ4v) is 3.78. The van der Waals surface area contributed by atoms with Crippen molar-refractivity contribution >= 4 is 57.7 Å². The number of nitrogens with one attached hydrogen (secondary N) is 2. The highest BCUT2D eigenvalue weighted by Crippen LogP contribution is 2.29. The van der Waals surface area contributed by atoms with Crippen LogP contribution >= 0.6 is 35.4 Å². The number of carbonyl (C=O) groups excluding carboxylic acids is 1. The SMILES string of the molecule is O=C(NC(=S)NCc1ccc(-c2nc3ncccc3o2)cc1)c1ccc(-c2ccc(Cl)c(Cl)c2)o1. The molecule has 3 aromatic heterocycles. The molecule has 7 nitrogen and oxygen atoms in total. The van der Waals surface area contributed by atoms with E-state index in [0.717, 1.165) is 11.1 Å². The van der Waals surface area contributed by atoms with Gasteiger partial charge in [-0.15, -0.1) is 0 Å². The fourth-order valence-electron chi connectivity index (χ4n) is 3.31. The number of nitrogens with zero attached hydrogens (tertiary/aromatic N) is 2. The number of hydrogen-bond acceptors (Lipinski definition) is 6. The van der Waals surface area contributed by atoms with Gasteiger partial charge in [0.25, 0.3) is 5.91 Å². The summed E-state index contributed by atoms with van der Waals surface area (Å²) in [6.45, 7) is 0.418. The molecule has 0 unspecified atom stereocenters.